The number of rotatable bonds is 2. The summed E-state index contributed by atoms with van der Waals surface area (Å²) in [5, 5.41) is 18.7. The van der Waals surface area contributed by atoms with Crippen LogP contribution in [-0.4, -0.2) is 22.9 Å². The summed E-state index contributed by atoms with van der Waals surface area (Å²) in [6.45, 7) is 4.41. The molecule has 1 aliphatic carbocycles. The smallest absolute Gasteiger partial charge is 0.0574 e. The molecule has 2 nitrogen and oxygen atoms in total. The zero-order chi connectivity index (χ0) is 9.14. The summed E-state index contributed by atoms with van der Waals surface area (Å²) in [5.41, 5.74) is 0. The van der Waals surface area contributed by atoms with Crippen LogP contribution in [0.25, 0.3) is 0 Å². The minimum Gasteiger partial charge on any atom is -0.396 e. The van der Waals surface area contributed by atoms with Crippen LogP contribution in [0.2, 0.25) is 0 Å². The van der Waals surface area contributed by atoms with Crippen molar-refractivity contribution in [1.29, 1.82) is 0 Å². The first kappa shape index (κ1) is 10.0. The zero-order valence-corrected chi connectivity index (χ0v) is 8.03. The van der Waals surface area contributed by atoms with Gasteiger partial charge in [-0.05, 0) is 30.6 Å². The molecule has 0 radical (unpaired) electrons. The van der Waals surface area contributed by atoms with E-state index in [0.29, 0.717) is 11.8 Å². The van der Waals surface area contributed by atoms with Gasteiger partial charge in [-0.25, -0.2) is 0 Å². The van der Waals surface area contributed by atoms with Crippen molar-refractivity contribution in [2.45, 2.75) is 39.2 Å². The molecule has 72 valence electrons. The molecular weight excluding hydrogens is 152 g/mol. The lowest BCUT2D eigenvalue weighted by molar-refractivity contribution is 0.00804. The van der Waals surface area contributed by atoms with E-state index >= 15 is 0 Å². The van der Waals surface area contributed by atoms with E-state index in [9.17, 15) is 5.11 Å². The van der Waals surface area contributed by atoms with Crippen LogP contribution in [0.4, 0.5) is 0 Å². The van der Waals surface area contributed by atoms with Crippen molar-refractivity contribution in [3.63, 3.8) is 0 Å². The molecule has 0 bridgehead atoms. The van der Waals surface area contributed by atoms with Gasteiger partial charge in [-0.1, -0.05) is 20.3 Å². The van der Waals surface area contributed by atoms with Crippen molar-refractivity contribution in [3.8, 4) is 0 Å². The molecule has 0 heterocycles. The normalized spacial score (nSPS) is 39.5. The second-order valence-corrected chi connectivity index (χ2v) is 4.31. The van der Waals surface area contributed by atoms with Crippen LogP contribution < -0.4 is 0 Å². The van der Waals surface area contributed by atoms with E-state index < -0.39 is 0 Å². The van der Waals surface area contributed by atoms with E-state index in [-0.39, 0.29) is 18.6 Å². The van der Waals surface area contributed by atoms with Gasteiger partial charge in [0.2, 0.25) is 0 Å². The van der Waals surface area contributed by atoms with Gasteiger partial charge < -0.3 is 10.2 Å². The third-order valence-electron chi connectivity index (χ3n) is 3.15. The van der Waals surface area contributed by atoms with Crippen LogP contribution in [-0.2, 0) is 0 Å². The van der Waals surface area contributed by atoms with E-state index in [1.807, 2.05) is 6.92 Å². The Morgan fingerprint density at radius 2 is 2.08 bits per heavy atom. The molecule has 1 saturated carbocycles. The summed E-state index contributed by atoms with van der Waals surface area (Å²) < 4.78 is 0. The second-order valence-electron chi connectivity index (χ2n) is 4.31. The third-order valence-corrected chi connectivity index (χ3v) is 3.15. The molecular formula is C10H20O2. The number of hydrogen-bond acceptors (Lipinski definition) is 2. The molecule has 1 aliphatic rings. The maximum Gasteiger partial charge on any atom is 0.0574 e. The molecule has 0 spiro atoms. The Morgan fingerprint density at radius 1 is 1.42 bits per heavy atom. The molecule has 4 unspecified atom stereocenters. The Morgan fingerprint density at radius 3 is 2.58 bits per heavy atom. The lowest BCUT2D eigenvalue weighted by atomic mass is 9.75. The first-order chi connectivity index (χ1) is 5.65. The molecule has 0 aromatic heterocycles. The average molecular weight is 172 g/mol. The van der Waals surface area contributed by atoms with Gasteiger partial charge in [0.15, 0.2) is 0 Å². The Labute approximate surface area is 74.6 Å². The molecule has 0 aromatic rings. The zero-order valence-electron chi connectivity index (χ0n) is 8.03. The topological polar surface area (TPSA) is 40.5 Å². The number of hydrogen-bond donors (Lipinski definition) is 2. The molecule has 1 fully saturated rings. The van der Waals surface area contributed by atoms with Gasteiger partial charge in [-0.3, -0.25) is 0 Å². The van der Waals surface area contributed by atoms with Gasteiger partial charge >= 0.3 is 0 Å². The van der Waals surface area contributed by atoms with E-state index in [4.69, 9.17) is 5.11 Å². The lowest BCUT2D eigenvalue weighted by Crippen LogP contribution is -2.34. The van der Waals surface area contributed by atoms with Crippen molar-refractivity contribution in [2.75, 3.05) is 6.61 Å². The SMILES string of the molecule is CC1CCC(C(C)CO)C(O)C1. The molecule has 2 heteroatoms. The molecule has 2 N–H and O–H groups in total. The van der Waals surface area contributed by atoms with E-state index in [1.54, 1.807) is 0 Å². The fraction of sp³-hybridized carbons (Fsp3) is 1.00. The minimum atomic E-state index is -0.184. The molecule has 4 atom stereocenters. The standard InChI is InChI=1S/C10H20O2/c1-7-3-4-9(8(2)6-11)10(12)5-7/h7-12H,3-6H2,1-2H3. The quantitative estimate of drug-likeness (QED) is 0.661. The lowest BCUT2D eigenvalue weighted by Gasteiger charge is -2.34. The molecule has 0 saturated heterocycles. The fourth-order valence-corrected chi connectivity index (χ4v) is 2.17. The predicted molar refractivity (Wildman–Crippen MR) is 48.8 cm³/mol. The molecule has 1 rings (SSSR count). The highest BCUT2D eigenvalue weighted by atomic mass is 16.3. The van der Waals surface area contributed by atoms with Crippen LogP contribution in [0, 0.1) is 17.8 Å². The van der Waals surface area contributed by atoms with Crippen LogP contribution in [0.3, 0.4) is 0 Å². The maximum atomic E-state index is 9.73. The summed E-state index contributed by atoms with van der Waals surface area (Å²) >= 11 is 0. The number of aliphatic hydroxyl groups is 2. The van der Waals surface area contributed by atoms with Crippen molar-refractivity contribution >= 4 is 0 Å². The third kappa shape index (κ3) is 2.20. The van der Waals surface area contributed by atoms with Crippen molar-refractivity contribution < 1.29 is 10.2 Å². The van der Waals surface area contributed by atoms with E-state index in [2.05, 4.69) is 6.92 Å². The molecule has 0 aromatic carbocycles. The highest BCUT2D eigenvalue weighted by molar-refractivity contribution is 4.80. The van der Waals surface area contributed by atoms with Crippen molar-refractivity contribution in [2.24, 2.45) is 17.8 Å². The maximum absolute atomic E-state index is 9.73. The summed E-state index contributed by atoms with van der Waals surface area (Å²) in [7, 11) is 0. The van der Waals surface area contributed by atoms with Gasteiger partial charge in [-0.15, -0.1) is 0 Å². The molecule has 12 heavy (non-hydrogen) atoms. The first-order valence-corrected chi connectivity index (χ1v) is 4.94. The van der Waals surface area contributed by atoms with Crippen LogP contribution in [0.5, 0.6) is 0 Å². The average Bonchev–Trinajstić information content (AvgIpc) is 2.03. The van der Waals surface area contributed by atoms with Gasteiger partial charge in [-0.2, -0.15) is 0 Å². The van der Waals surface area contributed by atoms with Gasteiger partial charge in [0.25, 0.3) is 0 Å². The number of aliphatic hydroxyl groups excluding tert-OH is 2. The summed E-state index contributed by atoms with van der Waals surface area (Å²) in [6.07, 6.45) is 3.00. The summed E-state index contributed by atoms with van der Waals surface area (Å²) in [5.74, 6) is 1.24. The van der Waals surface area contributed by atoms with Gasteiger partial charge in [0.1, 0.15) is 0 Å². The summed E-state index contributed by atoms with van der Waals surface area (Å²) in [4.78, 5) is 0. The summed E-state index contributed by atoms with van der Waals surface area (Å²) in [6, 6.07) is 0. The largest absolute Gasteiger partial charge is 0.396 e. The van der Waals surface area contributed by atoms with Crippen molar-refractivity contribution in [3.05, 3.63) is 0 Å². The molecule has 0 aliphatic heterocycles. The highest BCUT2D eigenvalue weighted by Gasteiger charge is 2.30. The van der Waals surface area contributed by atoms with Gasteiger partial charge in [0, 0.05) is 6.61 Å². The minimum absolute atomic E-state index is 0.184. The second kappa shape index (κ2) is 4.24. The highest BCUT2D eigenvalue weighted by Crippen LogP contribution is 2.33. The Kier molecular flexibility index (Phi) is 3.53. The van der Waals surface area contributed by atoms with Crippen LogP contribution in [0.1, 0.15) is 33.1 Å². The van der Waals surface area contributed by atoms with E-state index in [1.165, 1.54) is 6.42 Å². The van der Waals surface area contributed by atoms with E-state index in [0.717, 1.165) is 12.8 Å². The Hall–Kier alpha value is -0.0800. The van der Waals surface area contributed by atoms with Crippen LogP contribution >= 0.6 is 0 Å². The molecule has 0 amide bonds. The van der Waals surface area contributed by atoms with Crippen LogP contribution in [0.15, 0.2) is 0 Å². The Bertz CT molecular complexity index is 136. The first-order valence-electron chi connectivity index (χ1n) is 4.94. The van der Waals surface area contributed by atoms with Crippen molar-refractivity contribution in [1.82, 2.24) is 0 Å². The fourth-order valence-electron chi connectivity index (χ4n) is 2.17. The monoisotopic (exact) mass is 172 g/mol. The Balaban J connectivity index is 2.44. The predicted octanol–water partition coefficient (Wildman–Crippen LogP) is 1.41. The van der Waals surface area contributed by atoms with Gasteiger partial charge in [0.05, 0.1) is 6.10 Å².